The number of methoxy groups -OCH3 is 1. The molecule has 0 saturated carbocycles. The van der Waals surface area contributed by atoms with Crippen molar-refractivity contribution >= 4 is 17.5 Å². The summed E-state index contributed by atoms with van der Waals surface area (Å²) in [6, 6.07) is 8.71. The van der Waals surface area contributed by atoms with Crippen LogP contribution in [-0.4, -0.2) is 32.7 Å². The lowest BCUT2D eigenvalue weighted by Crippen LogP contribution is -2.15. The number of rotatable bonds is 7. The molecule has 2 aromatic rings. The van der Waals surface area contributed by atoms with E-state index >= 15 is 0 Å². The molecule has 0 saturated heterocycles. The minimum atomic E-state index is -0.0830. The molecule has 1 aliphatic heterocycles. The first kappa shape index (κ1) is 19.6. The molecule has 148 valence electrons. The van der Waals surface area contributed by atoms with E-state index in [1.807, 2.05) is 26.0 Å². The molecule has 0 atom stereocenters. The molecule has 0 radical (unpaired) electrons. The normalized spacial score (nSPS) is 13.2. The van der Waals surface area contributed by atoms with Gasteiger partial charge in [-0.05, 0) is 43.7 Å². The number of hydrogen-bond donors (Lipinski definition) is 1. The van der Waals surface area contributed by atoms with Crippen LogP contribution >= 0.6 is 0 Å². The Hall–Kier alpha value is -3.15. The van der Waals surface area contributed by atoms with Gasteiger partial charge in [0.15, 0.2) is 17.3 Å². The van der Waals surface area contributed by atoms with E-state index in [2.05, 4.69) is 0 Å². The lowest BCUT2D eigenvalue weighted by molar-refractivity contribution is 0.103. The van der Waals surface area contributed by atoms with E-state index in [9.17, 15) is 4.79 Å². The van der Waals surface area contributed by atoms with Crippen LogP contribution in [0.3, 0.4) is 0 Å². The highest BCUT2D eigenvalue weighted by Gasteiger charge is 2.18. The molecule has 6 nitrogen and oxygen atoms in total. The van der Waals surface area contributed by atoms with E-state index in [-0.39, 0.29) is 5.78 Å². The Bertz CT molecular complexity index is 904. The molecule has 0 spiro atoms. The summed E-state index contributed by atoms with van der Waals surface area (Å²) in [6.07, 6.45) is 2.39. The van der Waals surface area contributed by atoms with Crippen molar-refractivity contribution in [1.29, 1.82) is 0 Å². The van der Waals surface area contributed by atoms with Gasteiger partial charge in [-0.1, -0.05) is 6.92 Å². The molecule has 0 fully saturated rings. The van der Waals surface area contributed by atoms with Crippen molar-refractivity contribution < 1.29 is 23.7 Å². The summed E-state index contributed by atoms with van der Waals surface area (Å²) >= 11 is 0. The van der Waals surface area contributed by atoms with Crippen molar-refractivity contribution in [3.8, 4) is 23.0 Å². The van der Waals surface area contributed by atoms with Gasteiger partial charge in [-0.15, -0.1) is 0 Å². The van der Waals surface area contributed by atoms with Gasteiger partial charge in [-0.3, -0.25) is 4.79 Å². The second kappa shape index (κ2) is 8.69. The number of Topliss-reactive ketones (excluding diaryl/α,β-unsaturated/α-hetero) is 1. The third-order valence-electron chi connectivity index (χ3n) is 4.47. The zero-order chi connectivity index (χ0) is 20.1. The van der Waals surface area contributed by atoms with Gasteiger partial charge in [0, 0.05) is 22.8 Å². The van der Waals surface area contributed by atoms with Gasteiger partial charge in [-0.25, -0.2) is 0 Å². The fourth-order valence-electron chi connectivity index (χ4n) is 3.03. The van der Waals surface area contributed by atoms with Gasteiger partial charge < -0.3 is 24.7 Å². The molecule has 6 heteroatoms. The maximum atomic E-state index is 13.1. The Kier molecular flexibility index (Phi) is 6.09. The summed E-state index contributed by atoms with van der Waals surface area (Å²) in [4.78, 5) is 13.1. The number of carbonyl (C=O) groups is 1. The summed E-state index contributed by atoms with van der Waals surface area (Å²) < 4.78 is 22.2. The molecule has 1 aliphatic rings. The lowest BCUT2D eigenvalue weighted by Gasteiger charge is -2.20. The highest BCUT2D eigenvalue weighted by atomic mass is 16.6. The number of ketones is 1. The van der Waals surface area contributed by atoms with Crippen molar-refractivity contribution in [2.24, 2.45) is 0 Å². The molecule has 0 bridgehead atoms. The van der Waals surface area contributed by atoms with Gasteiger partial charge in [0.1, 0.15) is 24.7 Å². The van der Waals surface area contributed by atoms with Gasteiger partial charge in [0.05, 0.1) is 19.4 Å². The zero-order valence-electron chi connectivity index (χ0n) is 16.4. The highest BCUT2D eigenvalue weighted by molar-refractivity contribution is 6.11. The summed E-state index contributed by atoms with van der Waals surface area (Å²) in [7, 11) is 1.59. The average Bonchev–Trinajstić information content (AvgIpc) is 2.72. The number of nitrogens with two attached hydrogens (primary N) is 1. The second-order valence-corrected chi connectivity index (χ2v) is 6.28. The van der Waals surface area contributed by atoms with Crippen LogP contribution in [0, 0.1) is 0 Å². The summed E-state index contributed by atoms with van der Waals surface area (Å²) in [6.45, 7) is 5.29. The predicted octanol–water partition coefficient (Wildman–Crippen LogP) is 4.12. The summed E-state index contributed by atoms with van der Waals surface area (Å²) in [5.41, 5.74) is 8.36. The molecule has 1 heterocycles. The smallest absolute Gasteiger partial charge is 0.189 e. The van der Waals surface area contributed by atoms with Crippen LogP contribution in [0.5, 0.6) is 23.0 Å². The second-order valence-electron chi connectivity index (χ2n) is 6.28. The minimum Gasteiger partial charge on any atom is -0.496 e. The maximum Gasteiger partial charge on any atom is 0.189 e. The fourth-order valence-corrected chi connectivity index (χ4v) is 3.03. The minimum absolute atomic E-state index is 0.0830. The Morgan fingerprint density at radius 2 is 1.82 bits per heavy atom. The first-order valence-corrected chi connectivity index (χ1v) is 9.32. The third-order valence-corrected chi connectivity index (χ3v) is 4.47. The molecule has 0 unspecified atom stereocenters. The fraction of sp³-hybridized carbons (Fsp3) is 0.318. The zero-order valence-corrected chi connectivity index (χ0v) is 16.4. The van der Waals surface area contributed by atoms with E-state index < -0.39 is 0 Å². The van der Waals surface area contributed by atoms with Crippen molar-refractivity contribution in [2.45, 2.75) is 20.3 Å². The molecule has 0 aromatic heterocycles. The van der Waals surface area contributed by atoms with E-state index in [4.69, 9.17) is 24.7 Å². The molecular weight excluding hydrogens is 358 g/mol. The number of carbonyl (C=O) groups excluding carboxylic acids is 1. The van der Waals surface area contributed by atoms with Crippen LogP contribution < -0.4 is 24.7 Å². The van der Waals surface area contributed by atoms with Crippen LogP contribution in [0.2, 0.25) is 0 Å². The standard InChI is InChI=1S/C22H25NO5/c1-4-14(22(24)15-6-7-17(23)19(11-15)26-5-2)10-16-12-20-21(13-18(16)25-3)28-9-8-27-20/h6-7,10-13H,4-5,8-9,23H2,1-3H3/b14-10+. The highest BCUT2D eigenvalue weighted by Crippen LogP contribution is 2.38. The van der Waals surface area contributed by atoms with Crippen molar-refractivity contribution in [1.82, 2.24) is 0 Å². The van der Waals surface area contributed by atoms with Crippen LogP contribution in [0.1, 0.15) is 36.2 Å². The number of nitrogen functional groups attached to an aromatic ring is 1. The Labute approximate surface area is 164 Å². The number of fused-ring (bicyclic) bond motifs is 1. The van der Waals surface area contributed by atoms with E-state index in [0.29, 0.717) is 66.1 Å². The molecular formula is C22H25NO5. The van der Waals surface area contributed by atoms with Gasteiger partial charge in [-0.2, -0.15) is 0 Å². The number of ether oxygens (including phenoxy) is 4. The molecule has 0 amide bonds. The molecule has 2 aromatic carbocycles. The van der Waals surface area contributed by atoms with Crippen molar-refractivity contribution in [2.75, 3.05) is 32.7 Å². The third kappa shape index (κ3) is 4.06. The van der Waals surface area contributed by atoms with Crippen molar-refractivity contribution in [3.05, 3.63) is 47.0 Å². The van der Waals surface area contributed by atoms with Crippen LogP contribution in [-0.2, 0) is 0 Å². The first-order chi connectivity index (χ1) is 13.6. The van der Waals surface area contributed by atoms with Gasteiger partial charge >= 0.3 is 0 Å². The number of hydrogen-bond acceptors (Lipinski definition) is 6. The SMILES string of the molecule is CCOc1cc(C(=O)/C(=C/c2cc3c(cc2OC)OCCO3)CC)ccc1N. The molecule has 3 rings (SSSR count). The Morgan fingerprint density at radius 3 is 2.46 bits per heavy atom. The Balaban J connectivity index is 1.98. The van der Waals surface area contributed by atoms with E-state index in [1.165, 1.54) is 0 Å². The molecule has 0 aliphatic carbocycles. The topological polar surface area (TPSA) is 80.0 Å². The van der Waals surface area contributed by atoms with Gasteiger partial charge in [0.2, 0.25) is 0 Å². The average molecular weight is 383 g/mol. The van der Waals surface area contributed by atoms with Crippen LogP contribution in [0.4, 0.5) is 5.69 Å². The largest absolute Gasteiger partial charge is 0.496 e. The number of allylic oxidation sites excluding steroid dienone is 1. The number of anilines is 1. The summed E-state index contributed by atoms with van der Waals surface area (Å²) in [5, 5.41) is 0. The van der Waals surface area contributed by atoms with Gasteiger partial charge in [0.25, 0.3) is 0 Å². The quantitative estimate of drug-likeness (QED) is 0.440. The summed E-state index contributed by atoms with van der Waals surface area (Å²) in [5.74, 6) is 2.34. The monoisotopic (exact) mass is 383 g/mol. The predicted molar refractivity (Wildman–Crippen MR) is 109 cm³/mol. The Morgan fingerprint density at radius 1 is 1.11 bits per heavy atom. The first-order valence-electron chi connectivity index (χ1n) is 9.32. The van der Waals surface area contributed by atoms with Crippen molar-refractivity contribution in [3.63, 3.8) is 0 Å². The number of benzene rings is 2. The molecule has 2 N–H and O–H groups in total. The maximum absolute atomic E-state index is 13.1. The van der Waals surface area contributed by atoms with E-state index in [0.717, 1.165) is 5.56 Å². The lowest BCUT2D eigenvalue weighted by atomic mass is 9.98. The van der Waals surface area contributed by atoms with Crippen LogP contribution in [0.25, 0.3) is 6.08 Å². The molecule has 28 heavy (non-hydrogen) atoms. The van der Waals surface area contributed by atoms with Crippen LogP contribution in [0.15, 0.2) is 35.9 Å². The van der Waals surface area contributed by atoms with E-state index in [1.54, 1.807) is 31.4 Å².